The number of amides is 1. The molecule has 0 spiro atoms. The lowest BCUT2D eigenvalue weighted by atomic mass is 10.1. The number of halogens is 1. The zero-order valence-electron chi connectivity index (χ0n) is 11.6. The first-order valence-electron chi connectivity index (χ1n) is 6.64. The van der Waals surface area contributed by atoms with Gasteiger partial charge in [0, 0.05) is 16.6 Å². The van der Waals surface area contributed by atoms with Gasteiger partial charge in [0.15, 0.2) is 0 Å². The molecule has 0 bridgehead atoms. The van der Waals surface area contributed by atoms with E-state index in [1.807, 2.05) is 37.3 Å². The molecule has 0 saturated heterocycles. The van der Waals surface area contributed by atoms with Crippen molar-refractivity contribution in [3.05, 3.63) is 70.2 Å². The molecule has 0 heterocycles. The van der Waals surface area contributed by atoms with Crippen LogP contribution in [0.25, 0.3) is 0 Å². The molecule has 1 atom stereocenters. The fourth-order valence-corrected chi connectivity index (χ4v) is 2.32. The van der Waals surface area contributed by atoms with Crippen LogP contribution >= 0.6 is 11.6 Å². The fraction of sp³-hybridized carbons (Fsp3) is 0.176. The number of hydrogen-bond donors (Lipinski definition) is 1. The van der Waals surface area contributed by atoms with Crippen molar-refractivity contribution in [2.75, 3.05) is 0 Å². The molecule has 2 aromatic rings. The van der Waals surface area contributed by atoms with Gasteiger partial charge in [0.05, 0.1) is 11.6 Å². The Bertz CT molecular complexity index is 691. The molecule has 0 aliphatic rings. The summed E-state index contributed by atoms with van der Waals surface area (Å²) in [7, 11) is 0. The summed E-state index contributed by atoms with van der Waals surface area (Å²) < 4.78 is 0. The van der Waals surface area contributed by atoms with Gasteiger partial charge in [-0.2, -0.15) is 5.26 Å². The van der Waals surface area contributed by atoms with E-state index < -0.39 is 0 Å². The van der Waals surface area contributed by atoms with Crippen LogP contribution in [-0.2, 0) is 6.42 Å². The molecule has 3 nitrogen and oxygen atoms in total. The molecule has 0 aliphatic carbocycles. The molecule has 0 radical (unpaired) electrons. The van der Waals surface area contributed by atoms with Gasteiger partial charge in [-0.15, -0.1) is 0 Å². The molecular formula is C17H15ClN2O. The van der Waals surface area contributed by atoms with Gasteiger partial charge in [0.1, 0.15) is 0 Å². The fourth-order valence-electron chi connectivity index (χ4n) is 2.11. The van der Waals surface area contributed by atoms with Crippen molar-refractivity contribution in [1.82, 2.24) is 5.32 Å². The maximum absolute atomic E-state index is 12.1. The van der Waals surface area contributed by atoms with Gasteiger partial charge >= 0.3 is 0 Å². The molecule has 106 valence electrons. The van der Waals surface area contributed by atoms with Crippen molar-refractivity contribution >= 4 is 17.5 Å². The molecule has 0 fully saturated rings. The van der Waals surface area contributed by atoms with Crippen LogP contribution in [0.3, 0.4) is 0 Å². The normalized spacial score (nSPS) is 11.5. The second kappa shape index (κ2) is 6.92. The van der Waals surface area contributed by atoms with E-state index in [9.17, 15) is 4.79 Å². The molecule has 2 rings (SSSR count). The minimum absolute atomic E-state index is 0.0262. The Hall–Kier alpha value is -2.31. The number of nitrogens with zero attached hydrogens (tertiary/aromatic N) is 1. The molecule has 4 heteroatoms. The highest BCUT2D eigenvalue weighted by molar-refractivity contribution is 6.30. The molecular weight excluding hydrogens is 284 g/mol. The first kappa shape index (κ1) is 15.1. The van der Waals surface area contributed by atoms with Crippen LogP contribution in [-0.4, -0.2) is 11.9 Å². The zero-order valence-corrected chi connectivity index (χ0v) is 12.4. The number of carbonyl (C=O) groups excluding carboxylic acids is 1. The monoisotopic (exact) mass is 298 g/mol. The Balaban J connectivity index is 2.00. The molecule has 1 amide bonds. The second-order valence-corrected chi connectivity index (χ2v) is 5.34. The predicted octanol–water partition coefficient (Wildman–Crippen LogP) is 3.57. The summed E-state index contributed by atoms with van der Waals surface area (Å²) in [4.78, 5) is 12.1. The van der Waals surface area contributed by atoms with E-state index in [1.54, 1.807) is 24.3 Å². The summed E-state index contributed by atoms with van der Waals surface area (Å²) in [5, 5.41) is 12.5. The van der Waals surface area contributed by atoms with Gasteiger partial charge in [-0.05, 0) is 49.2 Å². The highest BCUT2D eigenvalue weighted by atomic mass is 35.5. The Labute approximate surface area is 129 Å². The van der Waals surface area contributed by atoms with E-state index in [0.717, 1.165) is 5.56 Å². The van der Waals surface area contributed by atoms with Gasteiger partial charge in [-0.1, -0.05) is 29.8 Å². The molecule has 21 heavy (non-hydrogen) atoms. The van der Waals surface area contributed by atoms with Crippen LogP contribution in [0, 0.1) is 11.3 Å². The number of benzene rings is 2. The number of carbonyl (C=O) groups is 1. The van der Waals surface area contributed by atoms with E-state index >= 15 is 0 Å². The van der Waals surface area contributed by atoms with Crippen LogP contribution in [0.15, 0.2) is 48.5 Å². The first-order valence-corrected chi connectivity index (χ1v) is 7.02. The molecule has 1 N–H and O–H groups in total. The van der Waals surface area contributed by atoms with Crippen molar-refractivity contribution in [3.8, 4) is 6.07 Å². The van der Waals surface area contributed by atoms with Crippen molar-refractivity contribution in [2.45, 2.75) is 19.4 Å². The van der Waals surface area contributed by atoms with E-state index in [4.69, 9.17) is 16.9 Å². The second-order valence-electron chi connectivity index (χ2n) is 4.90. The standard InChI is InChI=1S/C17H15ClN2O/c1-12(8-13-4-3-7-16(18)10-13)20-17(21)15-6-2-5-14(9-15)11-19/h2-7,9-10,12H,8H2,1H3,(H,20,21)/t12-/m1/s1. The van der Waals surface area contributed by atoms with Crippen LogP contribution in [0.1, 0.15) is 28.4 Å². The quantitative estimate of drug-likeness (QED) is 0.938. The minimum atomic E-state index is -0.179. The Morgan fingerprint density at radius 1 is 1.29 bits per heavy atom. The Morgan fingerprint density at radius 2 is 2.05 bits per heavy atom. The van der Waals surface area contributed by atoms with Crippen molar-refractivity contribution in [1.29, 1.82) is 5.26 Å². The van der Waals surface area contributed by atoms with Crippen LogP contribution in [0.4, 0.5) is 0 Å². The van der Waals surface area contributed by atoms with E-state index in [0.29, 0.717) is 22.6 Å². The number of rotatable bonds is 4. The predicted molar refractivity (Wildman–Crippen MR) is 83.2 cm³/mol. The SMILES string of the molecule is C[C@H](Cc1cccc(Cl)c1)NC(=O)c1cccc(C#N)c1. The topological polar surface area (TPSA) is 52.9 Å². The summed E-state index contributed by atoms with van der Waals surface area (Å²) in [5.41, 5.74) is 2.04. The Kier molecular flexibility index (Phi) is 4.97. The molecule has 0 aliphatic heterocycles. The lowest BCUT2D eigenvalue weighted by molar-refractivity contribution is 0.0940. The lowest BCUT2D eigenvalue weighted by Gasteiger charge is -2.14. The summed E-state index contributed by atoms with van der Waals surface area (Å²) >= 11 is 5.95. The molecule has 0 aromatic heterocycles. The summed E-state index contributed by atoms with van der Waals surface area (Å²) in [6.07, 6.45) is 0.699. The van der Waals surface area contributed by atoms with Gasteiger partial charge in [0.25, 0.3) is 5.91 Å². The van der Waals surface area contributed by atoms with Gasteiger partial charge < -0.3 is 5.32 Å². The van der Waals surface area contributed by atoms with Crippen LogP contribution in [0.2, 0.25) is 5.02 Å². The van der Waals surface area contributed by atoms with Crippen LogP contribution < -0.4 is 5.32 Å². The Morgan fingerprint density at radius 3 is 2.76 bits per heavy atom. The summed E-state index contributed by atoms with van der Waals surface area (Å²) in [5.74, 6) is -0.179. The largest absolute Gasteiger partial charge is 0.349 e. The summed E-state index contributed by atoms with van der Waals surface area (Å²) in [6.45, 7) is 1.94. The summed E-state index contributed by atoms with van der Waals surface area (Å²) in [6, 6.07) is 16.2. The van der Waals surface area contributed by atoms with Crippen molar-refractivity contribution < 1.29 is 4.79 Å². The third-order valence-corrected chi connectivity index (χ3v) is 3.30. The minimum Gasteiger partial charge on any atom is -0.349 e. The third-order valence-electron chi connectivity index (χ3n) is 3.06. The van der Waals surface area contributed by atoms with E-state index in [-0.39, 0.29) is 11.9 Å². The van der Waals surface area contributed by atoms with Crippen LogP contribution in [0.5, 0.6) is 0 Å². The van der Waals surface area contributed by atoms with Gasteiger partial charge in [-0.25, -0.2) is 0 Å². The van der Waals surface area contributed by atoms with Gasteiger partial charge in [0.2, 0.25) is 0 Å². The van der Waals surface area contributed by atoms with Crippen molar-refractivity contribution in [2.24, 2.45) is 0 Å². The third kappa shape index (κ3) is 4.34. The number of nitrogens with one attached hydrogen (secondary N) is 1. The molecule has 0 saturated carbocycles. The maximum Gasteiger partial charge on any atom is 0.251 e. The zero-order chi connectivity index (χ0) is 15.2. The molecule has 2 aromatic carbocycles. The number of nitriles is 1. The smallest absolute Gasteiger partial charge is 0.251 e. The number of hydrogen-bond acceptors (Lipinski definition) is 2. The van der Waals surface area contributed by atoms with Crippen molar-refractivity contribution in [3.63, 3.8) is 0 Å². The highest BCUT2D eigenvalue weighted by Crippen LogP contribution is 2.12. The lowest BCUT2D eigenvalue weighted by Crippen LogP contribution is -2.34. The average Bonchev–Trinajstić information content (AvgIpc) is 2.47. The highest BCUT2D eigenvalue weighted by Gasteiger charge is 2.11. The van der Waals surface area contributed by atoms with Gasteiger partial charge in [-0.3, -0.25) is 4.79 Å². The van der Waals surface area contributed by atoms with E-state index in [2.05, 4.69) is 5.32 Å². The average molecular weight is 299 g/mol. The van der Waals surface area contributed by atoms with E-state index in [1.165, 1.54) is 0 Å². The molecule has 0 unspecified atom stereocenters. The maximum atomic E-state index is 12.1. The first-order chi connectivity index (χ1) is 10.1.